The predicted octanol–water partition coefficient (Wildman–Crippen LogP) is 4.09. The fourth-order valence-corrected chi connectivity index (χ4v) is 3.37. The molecule has 2 aromatic carbocycles. The average Bonchev–Trinajstić information content (AvgIpc) is 2.69. The number of piperidine rings is 1. The number of hydrogen-bond acceptors (Lipinski definition) is 3. The van der Waals surface area contributed by atoms with Crippen molar-refractivity contribution < 1.29 is 9.59 Å². The van der Waals surface area contributed by atoms with Crippen molar-refractivity contribution in [2.24, 2.45) is 0 Å². The van der Waals surface area contributed by atoms with Crippen LogP contribution in [0.15, 0.2) is 48.5 Å². The molecule has 0 spiro atoms. The van der Waals surface area contributed by atoms with E-state index in [4.69, 9.17) is 11.6 Å². The van der Waals surface area contributed by atoms with Crippen LogP contribution in [0.3, 0.4) is 0 Å². The van der Waals surface area contributed by atoms with Crippen molar-refractivity contribution in [3.05, 3.63) is 59.1 Å². The van der Waals surface area contributed by atoms with Gasteiger partial charge in [0.2, 0.25) is 5.91 Å². The van der Waals surface area contributed by atoms with Gasteiger partial charge in [-0.3, -0.25) is 9.59 Å². The topological polar surface area (TPSA) is 61.4 Å². The Kier molecular flexibility index (Phi) is 6.35. The van der Waals surface area contributed by atoms with E-state index >= 15 is 0 Å². The summed E-state index contributed by atoms with van der Waals surface area (Å²) in [7, 11) is 0. The first-order valence-electron chi connectivity index (χ1n) is 9.26. The van der Waals surface area contributed by atoms with Gasteiger partial charge in [0, 0.05) is 24.5 Å². The van der Waals surface area contributed by atoms with Gasteiger partial charge in [-0.1, -0.05) is 23.7 Å². The Morgan fingerprint density at radius 2 is 1.67 bits per heavy atom. The van der Waals surface area contributed by atoms with Crippen LogP contribution < -0.4 is 15.5 Å². The minimum Gasteiger partial charge on any atom is -0.372 e. The van der Waals surface area contributed by atoms with E-state index in [1.165, 1.54) is 24.9 Å². The van der Waals surface area contributed by atoms with Crippen molar-refractivity contribution in [1.82, 2.24) is 5.32 Å². The highest BCUT2D eigenvalue weighted by atomic mass is 35.5. The molecule has 0 aromatic heterocycles. The lowest BCUT2D eigenvalue weighted by molar-refractivity contribution is -0.117. The highest BCUT2D eigenvalue weighted by Gasteiger charge is 2.18. The zero-order chi connectivity index (χ0) is 19.2. The van der Waals surface area contributed by atoms with E-state index in [1.54, 1.807) is 31.2 Å². The molecular formula is C21H24ClN3O2. The molecule has 1 unspecified atom stereocenters. The Labute approximate surface area is 164 Å². The summed E-state index contributed by atoms with van der Waals surface area (Å²) in [6.45, 7) is 3.81. The van der Waals surface area contributed by atoms with Crippen molar-refractivity contribution in [3.63, 3.8) is 0 Å². The van der Waals surface area contributed by atoms with Gasteiger partial charge in [-0.05, 0) is 62.6 Å². The molecule has 2 aromatic rings. The summed E-state index contributed by atoms with van der Waals surface area (Å²) in [5.74, 6) is -0.648. The molecule has 0 bridgehead atoms. The first-order chi connectivity index (χ1) is 13.0. The van der Waals surface area contributed by atoms with Gasteiger partial charge >= 0.3 is 0 Å². The Morgan fingerprint density at radius 3 is 2.33 bits per heavy atom. The van der Waals surface area contributed by atoms with Gasteiger partial charge in [-0.2, -0.15) is 0 Å². The van der Waals surface area contributed by atoms with E-state index in [0.717, 1.165) is 13.1 Å². The quantitative estimate of drug-likeness (QED) is 0.814. The van der Waals surface area contributed by atoms with Gasteiger partial charge in [0.15, 0.2) is 0 Å². The van der Waals surface area contributed by atoms with E-state index < -0.39 is 6.04 Å². The van der Waals surface area contributed by atoms with Gasteiger partial charge < -0.3 is 15.5 Å². The molecule has 1 fully saturated rings. The van der Waals surface area contributed by atoms with E-state index in [-0.39, 0.29) is 11.8 Å². The van der Waals surface area contributed by atoms with Crippen LogP contribution in [-0.4, -0.2) is 30.9 Å². The highest BCUT2D eigenvalue weighted by molar-refractivity contribution is 6.33. The first kappa shape index (κ1) is 19.2. The van der Waals surface area contributed by atoms with Crippen LogP contribution in [0.25, 0.3) is 0 Å². The van der Waals surface area contributed by atoms with E-state index in [0.29, 0.717) is 16.3 Å². The SMILES string of the molecule is CC(NC(=O)c1ccccc1Cl)C(=O)Nc1ccc(N2CCCCC2)cc1. The minimum atomic E-state index is -0.685. The molecule has 0 saturated carbocycles. The molecule has 6 heteroatoms. The van der Waals surface area contributed by atoms with Crippen LogP contribution in [0.4, 0.5) is 11.4 Å². The summed E-state index contributed by atoms with van der Waals surface area (Å²) in [5, 5.41) is 5.87. The Morgan fingerprint density at radius 1 is 1.00 bits per heavy atom. The van der Waals surface area contributed by atoms with Crippen LogP contribution in [0.1, 0.15) is 36.5 Å². The molecule has 1 heterocycles. The maximum atomic E-state index is 12.4. The smallest absolute Gasteiger partial charge is 0.253 e. The Balaban J connectivity index is 1.56. The average molecular weight is 386 g/mol. The number of nitrogens with one attached hydrogen (secondary N) is 2. The lowest BCUT2D eigenvalue weighted by Crippen LogP contribution is -2.41. The first-order valence-corrected chi connectivity index (χ1v) is 9.63. The fourth-order valence-electron chi connectivity index (χ4n) is 3.14. The number of carbonyl (C=O) groups is 2. The van der Waals surface area contributed by atoms with Gasteiger partial charge in [0.1, 0.15) is 6.04 Å². The van der Waals surface area contributed by atoms with Crippen LogP contribution in [-0.2, 0) is 4.79 Å². The molecule has 2 N–H and O–H groups in total. The highest BCUT2D eigenvalue weighted by Crippen LogP contribution is 2.22. The maximum Gasteiger partial charge on any atom is 0.253 e. The molecule has 1 aliphatic heterocycles. The number of halogens is 1. The van der Waals surface area contributed by atoms with Crippen molar-refractivity contribution in [1.29, 1.82) is 0 Å². The number of benzene rings is 2. The zero-order valence-electron chi connectivity index (χ0n) is 15.4. The van der Waals surface area contributed by atoms with E-state index in [9.17, 15) is 9.59 Å². The molecule has 1 aliphatic rings. The largest absolute Gasteiger partial charge is 0.372 e. The predicted molar refractivity (Wildman–Crippen MR) is 110 cm³/mol. The summed E-state index contributed by atoms with van der Waals surface area (Å²) in [6.07, 6.45) is 3.74. The van der Waals surface area contributed by atoms with Crippen molar-refractivity contribution in [2.45, 2.75) is 32.2 Å². The second-order valence-corrected chi connectivity index (χ2v) is 7.17. The summed E-state index contributed by atoms with van der Waals surface area (Å²) >= 11 is 6.03. The molecule has 0 aliphatic carbocycles. The number of anilines is 2. The lowest BCUT2D eigenvalue weighted by atomic mass is 10.1. The molecule has 27 heavy (non-hydrogen) atoms. The van der Waals surface area contributed by atoms with E-state index in [1.807, 2.05) is 24.3 Å². The monoisotopic (exact) mass is 385 g/mol. The number of amides is 2. The molecule has 1 atom stereocenters. The molecule has 5 nitrogen and oxygen atoms in total. The molecule has 2 amide bonds. The van der Waals surface area contributed by atoms with Gasteiger partial charge in [0.05, 0.1) is 10.6 Å². The Bertz CT molecular complexity index is 801. The van der Waals surface area contributed by atoms with Gasteiger partial charge in [-0.15, -0.1) is 0 Å². The van der Waals surface area contributed by atoms with Crippen molar-refractivity contribution in [2.75, 3.05) is 23.3 Å². The van der Waals surface area contributed by atoms with Crippen molar-refractivity contribution in [3.8, 4) is 0 Å². The number of rotatable bonds is 5. The van der Waals surface area contributed by atoms with Gasteiger partial charge in [0.25, 0.3) is 5.91 Å². The van der Waals surface area contributed by atoms with Crippen LogP contribution in [0, 0.1) is 0 Å². The molecule has 3 rings (SSSR count). The lowest BCUT2D eigenvalue weighted by Gasteiger charge is -2.28. The maximum absolute atomic E-state index is 12.4. The second-order valence-electron chi connectivity index (χ2n) is 6.76. The summed E-state index contributed by atoms with van der Waals surface area (Å²) in [4.78, 5) is 27.0. The van der Waals surface area contributed by atoms with Crippen molar-refractivity contribution >= 4 is 34.8 Å². The standard InChI is InChI=1S/C21H24ClN3O2/c1-15(23-21(27)18-7-3-4-8-19(18)22)20(26)24-16-9-11-17(12-10-16)25-13-5-2-6-14-25/h3-4,7-12,15H,2,5-6,13-14H2,1H3,(H,23,27)(H,24,26). The van der Waals surface area contributed by atoms with E-state index in [2.05, 4.69) is 15.5 Å². The molecule has 0 radical (unpaired) electrons. The molecule has 1 saturated heterocycles. The Hall–Kier alpha value is -2.53. The number of hydrogen-bond donors (Lipinski definition) is 2. The third-order valence-electron chi connectivity index (χ3n) is 4.72. The third-order valence-corrected chi connectivity index (χ3v) is 5.05. The minimum absolute atomic E-state index is 0.277. The fraction of sp³-hybridized carbons (Fsp3) is 0.333. The van der Waals surface area contributed by atoms with Gasteiger partial charge in [-0.25, -0.2) is 0 Å². The number of carbonyl (C=O) groups excluding carboxylic acids is 2. The summed E-state index contributed by atoms with van der Waals surface area (Å²) in [6, 6.07) is 13.9. The third kappa shape index (κ3) is 5.01. The van der Waals surface area contributed by atoms with Crippen LogP contribution in [0.5, 0.6) is 0 Å². The summed E-state index contributed by atoms with van der Waals surface area (Å²) in [5.41, 5.74) is 2.23. The van der Waals surface area contributed by atoms with Crippen LogP contribution >= 0.6 is 11.6 Å². The molecular weight excluding hydrogens is 362 g/mol. The van der Waals surface area contributed by atoms with Crippen LogP contribution in [0.2, 0.25) is 5.02 Å². The molecule has 142 valence electrons. The zero-order valence-corrected chi connectivity index (χ0v) is 16.1. The normalized spacial score (nSPS) is 15.1. The summed E-state index contributed by atoms with van der Waals surface area (Å²) < 4.78 is 0. The second kappa shape index (κ2) is 8.91. The number of nitrogens with zero attached hydrogens (tertiary/aromatic N) is 1.